The molecule has 0 bridgehead atoms. The van der Waals surface area contributed by atoms with E-state index >= 15 is 0 Å². The van der Waals surface area contributed by atoms with Gasteiger partial charge in [0.25, 0.3) is 0 Å². The largest absolute Gasteiger partial charge is 0.458 e. The van der Waals surface area contributed by atoms with Crippen LogP contribution in [-0.2, 0) is 9.59 Å². The Balaban J connectivity index is 0.000000488. The molecule has 1 aromatic rings. The van der Waals surface area contributed by atoms with Gasteiger partial charge in [-0.1, -0.05) is 44.0 Å². The molecule has 0 fully saturated rings. The number of benzene rings is 1. The van der Waals surface area contributed by atoms with E-state index in [4.69, 9.17) is 23.2 Å². The molecule has 146 valence electrons. The highest BCUT2D eigenvalue weighted by molar-refractivity contribution is 6.42. The molecule has 0 aliphatic carbocycles. The molecule has 0 atom stereocenters. The Kier molecular flexibility index (Phi) is 7.87. The number of rotatable bonds is 2. The van der Waals surface area contributed by atoms with Crippen molar-refractivity contribution in [1.82, 2.24) is 0 Å². The van der Waals surface area contributed by atoms with Gasteiger partial charge in [0.2, 0.25) is 0 Å². The first kappa shape index (κ1) is 24.4. The molecule has 11 heteroatoms. The Labute approximate surface area is 154 Å². The van der Waals surface area contributed by atoms with Crippen LogP contribution >= 0.6 is 23.2 Å². The van der Waals surface area contributed by atoms with Gasteiger partial charge in [0.05, 0.1) is 10.0 Å². The van der Waals surface area contributed by atoms with Crippen LogP contribution in [0.25, 0.3) is 0 Å². The number of hydrogen-bond donors (Lipinski definition) is 0. The van der Waals surface area contributed by atoms with Crippen molar-refractivity contribution < 1.29 is 40.7 Å². The summed E-state index contributed by atoms with van der Waals surface area (Å²) in [5.74, 6) is -6.75. The lowest BCUT2D eigenvalue weighted by molar-refractivity contribution is -0.193. The second kappa shape index (κ2) is 8.39. The summed E-state index contributed by atoms with van der Waals surface area (Å²) in [5, 5.41) is 0.888. The van der Waals surface area contributed by atoms with E-state index in [1.54, 1.807) is 18.2 Å². The number of ketones is 3. The van der Waals surface area contributed by atoms with Gasteiger partial charge in [-0.05, 0) is 18.2 Å². The SMILES string of the molecule is CC(C)(C)C(=O)c1ccc(Cl)c(Cl)c1.O=C(C(=O)C(F)(F)F)C(F)(F)F. The number of halogens is 8. The van der Waals surface area contributed by atoms with Gasteiger partial charge in [-0.25, -0.2) is 0 Å². The molecule has 0 aromatic heterocycles. The Morgan fingerprint density at radius 2 is 1.15 bits per heavy atom. The fraction of sp³-hybridized carbons (Fsp3) is 0.400. The van der Waals surface area contributed by atoms with Gasteiger partial charge in [0.15, 0.2) is 5.78 Å². The minimum Gasteiger partial charge on any atom is -0.294 e. The summed E-state index contributed by atoms with van der Waals surface area (Å²) in [6.45, 7) is 5.62. The molecule has 0 aliphatic rings. The van der Waals surface area contributed by atoms with Crippen LogP contribution in [0, 0.1) is 5.41 Å². The lowest BCUT2D eigenvalue weighted by atomic mass is 9.87. The zero-order valence-corrected chi connectivity index (χ0v) is 15.0. The number of carbonyl (C=O) groups is 3. The number of hydrogen-bond acceptors (Lipinski definition) is 3. The quantitative estimate of drug-likeness (QED) is 0.359. The normalized spacial score (nSPS) is 12.1. The molecule has 0 unspecified atom stereocenters. The lowest BCUT2D eigenvalue weighted by Gasteiger charge is -2.16. The van der Waals surface area contributed by atoms with E-state index in [-0.39, 0.29) is 5.78 Å². The van der Waals surface area contributed by atoms with E-state index in [2.05, 4.69) is 0 Å². The topological polar surface area (TPSA) is 51.2 Å². The van der Waals surface area contributed by atoms with Crippen molar-refractivity contribution in [2.45, 2.75) is 33.1 Å². The summed E-state index contributed by atoms with van der Waals surface area (Å²) >= 11 is 11.6. The molecule has 1 rings (SSSR count). The van der Waals surface area contributed by atoms with E-state index in [9.17, 15) is 40.7 Å². The molecule has 0 saturated heterocycles. The summed E-state index contributed by atoms with van der Waals surface area (Å²) < 4.78 is 67.0. The molecule has 0 spiro atoms. The summed E-state index contributed by atoms with van der Waals surface area (Å²) in [6.07, 6.45) is -11.5. The van der Waals surface area contributed by atoms with Gasteiger partial charge in [-0.2, -0.15) is 26.3 Å². The number of carbonyl (C=O) groups excluding carboxylic acids is 3. The van der Waals surface area contributed by atoms with Crippen molar-refractivity contribution in [2.75, 3.05) is 0 Å². The second-order valence-electron chi connectivity index (χ2n) is 5.86. The van der Waals surface area contributed by atoms with Crippen molar-refractivity contribution in [1.29, 1.82) is 0 Å². The van der Waals surface area contributed by atoms with Crippen molar-refractivity contribution in [3.05, 3.63) is 33.8 Å². The van der Waals surface area contributed by atoms with Gasteiger partial charge in [-0.15, -0.1) is 0 Å². The minimum atomic E-state index is -5.77. The second-order valence-corrected chi connectivity index (χ2v) is 6.68. The molecule has 0 saturated carbocycles. The standard InChI is InChI=1S/C11H12Cl2O.C4F6O2/c1-11(2,3)10(14)7-4-5-8(12)9(13)6-7;5-3(6,7)1(11)2(12)4(8,9)10/h4-6H,1-3H3;. The summed E-state index contributed by atoms with van der Waals surface area (Å²) in [6, 6.07) is 4.95. The number of alkyl halides is 6. The summed E-state index contributed by atoms with van der Waals surface area (Å²) in [7, 11) is 0. The van der Waals surface area contributed by atoms with Crippen molar-refractivity contribution in [3.63, 3.8) is 0 Å². The Bertz CT molecular complexity index is 679. The van der Waals surface area contributed by atoms with Crippen molar-refractivity contribution in [3.8, 4) is 0 Å². The monoisotopic (exact) mass is 424 g/mol. The molecule has 0 aliphatic heterocycles. The van der Waals surface area contributed by atoms with E-state index < -0.39 is 29.3 Å². The van der Waals surface area contributed by atoms with Crippen LogP contribution in [0.5, 0.6) is 0 Å². The van der Waals surface area contributed by atoms with Crippen LogP contribution in [0.2, 0.25) is 10.0 Å². The molecule has 0 N–H and O–H groups in total. The number of Topliss-reactive ketones (excluding diaryl/α,β-unsaturated/α-hetero) is 3. The predicted octanol–water partition coefficient (Wildman–Crippen LogP) is 5.47. The van der Waals surface area contributed by atoms with Gasteiger partial charge in [0, 0.05) is 11.0 Å². The smallest absolute Gasteiger partial charge is 0.294 e. The van der Waals surface area contributed by atoms with Crippen LogP contribution < -0.4 is 0 Å². The molecule has 0 heterocycles. The first-order valence-electron chi connectivity index (χ1n) is 6.61. The maximum absolute atomic E-state index is 11.8. The Hall–Kier alpha value is -1.61. The first-order chi connectivity index (χ1) is 11.4. The molecule has 1 aromatic carbocycles. The first-order valence-corrected chi connectivity index (χ1v) is 7.37. The average Bonchev–Trinajstić information content (AvgIpc) is 2.45. The third kappa shape index (κ3) is 7.33. The van der Waals surface area contributed by atoms with E-state index in [0.29, 0.717) is 15.6 Å². The van der Waals surface area contributed by atoms with Crippen LogP contribution in [-0.4, -0.2) is 29.7 Å². The Morgan fingerprint density at radius 1 is 0.769 bits per heavy atom. The van der Waals surface area contributed by atoms with E-state index in [1.165, 1.54) is 0 Å². The highest BCUT2D eigenvalue weighted by atomic mass is 35.5. The molecule has 0 amide bonds. The summed E-state index contributed by atoms with van der Waals surface area (Å²) in [5.41, 5.74) is 0.212. The van der Waals surface area contributed by atoms with Crippen LogP contribution in [0.1, 0.15) is 31.1 Å². The summed E-state index contributed by atoms with van der Waals surface area (Å²) in [4.78, 5) is 31.1. The fourth-order valence-electron chi connectivity index (χ4n) is 1.33. The van der Waals surface area contributed by atoms with Gasteiger partial charge in [0.1, 0.15) is 0 Å². The van der Waals surface area contributed by atoms with Gasteiger partial charge >= 0.3 is 23.9 Å². The third-order valence-corrected chi connectivity index (χ3v) is 3.32. The molecular weight excluding hydrogens is 413 g/mol. The maximum atomic E-state index is 11.8. The molecular formula is C15H12Cl2F6O3. The fourth-order valence-corrected chi connectivity index (χ4v) is 1.63. The van der Waals surface area contributed by atoms with E-state index in [0.717, 1.165) is 0 Å². The maximum Gasteiger partial charge on any atom is 0.458 e. The molecule has 0 radical (unpaired) electrons. The third-order valence-electron chi connectivity index (χ3n) is 2.58. The van der Waals surface area contributed by atoms with E-state index in [1.807, 2.05) is 20.8 Å². The lowest BCUT2D eigenvalue weighted by Crippen LogP contribution is -2.39. The molecule has 26 heavy (non-hydrogen) atoms. The van der Waals surface area contributed by atoms with Gasteiger partial charge < -0.3 is 0 Å². The van der Waals surface area contributed by atoms with Crippen LogP contribution in [0.15, 0.2) is 18.2 Å². The minimum absolute atomic E-state index is 0.0658. The van der Waals surface area contributed by atoms with Crippen LogP contribution in [0.3, 0.4) is 0 Å². The highest BCUT2D eigenvalue weighted by Crippen LogP contribution is 2.27. The highest BCUT2D eigenvalue weighted by Gasteiger charge is 2.54. The van der Waals surface area contributed by atoms with Crippen LogP contribution in [0.4, 0.5) is 26.3 Å². The predicted molar refractivity (Wildman–Crippen MR) is 82.4 cm³/mol. The molecule has 3 nitrogen and oxygen atoms in total. The zero-order valence-electron chi connectivity index (χ0n) is 13.5. The zero-order chi connectivity index (χ0) is 21.1. The van der Waals surface area contributed by atoms with Gasteiger partial charge in [-0.3, -0.25) is 14.4 Å². The average molecular weight is 425 g/mol. The van der Waals surface area contributed by atoms with Crippen molar-refractivity contribution in [2.24, 2.45) is 5.41 Å². The van der Waals surface area contributed by atoms with Crippen molar-refractivity contribution >= 4 is 40.6 Å². The Morgan fingerprint density at radius 3 is 1.42 bits per heavy atom.